The van der Waals surface area contributed by atoms with Gasteiger partial charge in [-0.05, 0) is 12.1 Å². The Morgan fingerprint density at radius 1 is 0.676 bits per heavy atom. The first-order valence-electron chi connectivity index (χ1n) is 10.1. The van der Waals surface area contributed by atoms with Gasteiger partial charge < -0.3 is 29.0 Å². The van der Waals surface area contributed by atoms with Crippen molar-refractivity contribution < 1.29 is 52.5 Å². The highest BCUT2D eigenvalue weighted by molar-refractivity contribution is 5.96. The summed E-state index contributed by atoms with van der Waals surface area (Å²) in [6.07, 6.45) is -6.84. The lowest BCUT2D eigenvalue weighted by atomic mass is 10.0. The van der Waals surface area contributed by atoms with Gasteiger partial charge in [0.15, 0.2) is 18.3 Å². The van der Waals surface area contributed by atoms with Crippen molar-refractivity contribution in [3.05, 3.63) is 30.3 Å². The van der Waals surface area contributed by atoms with Crippen molar-refractivity contribution in [3.8, 4) is 0 Å². The third kappa shape index (κ3) is 10.1. The number of para-hydroxylation sites is 1. The van der Waals surface area contributed by atoms with Crippen molar-refractivity contribution in [2.45, 2.75) is 59.0 Å². The summed E-state index contributed by atoms with van der Waals surface area (Å²) >= 11 is 0. The molecule has 0 saturated carbocycles. The minimum atomic E-state index is -1.85. The zero-order valence-electron chi connectivity index (χ0n) is 19.4. The second-order valence-electron chi connectivity index (χ2n) is 6.98. The van der Waals surface area contributed by atoms with Crippen molar-refractivity contribution >= 4 is 41.4 Å². The molecule has 1 aromatic carbocycles. The van der Waals surface area contributed by atoms with Crippen LogP contribution < -0.4 is 5.32 Å². The molecule has 1 rings (SSSR count). The number of carbonyl (C=O) groups excluding carboxylic acids is 6. The van der Waals surface area contributed by atoms with Gasteiger partial charge in [-0.15, -0.1) is 0 Å². The molecule has 0 aliphatic heterocycles. The summed E-state index contributed by atoms with van der Waals surface area (Å²) in [4.78, 5) is 71.6. The van der Waals surface area contributed by atoms with Gasteiger partial charge in [-0.2, -0.15) is 0 Å². The highest BCUT2D eigenvalue weighted by Crippen LogP contribution is 2.21. The van der Waals surface area contributed by atoms with Gasteiger partial charge in [-0.1, -0.05) is 18.2 Å². The fourth-order valence-electron chi connectivity index (χ4n) is 2.83. The van der Waals surface area contributed by atoms with Crippen molar-refractivity contribution in [2.75, 3.05) is 11.9 Å². The van der Waals surface area contributed by atoms with Crippen LogP contribution in [-0.2, 0) is 52.5 Å². The van der Waals surface area contributed by atoms with Crippen LogP contribution in [0.3, 0.4) is 0 Å². The van der Waals surface area contributed by atoms with E-state index in [-0.39, 0.29) is 0 Å². The SMILES string of the molecule is CC(=O)OC[C@H](OC(C)=O)[C@H](OC(C)=O)[C@@H](OC(C)=O)[C@H](OC(C)=O)C(=O)Nc1ccccc1. The molecule has 0 unspecified atom stereocenters. The van der Waals surface area contributed by atoms with Crippen LogP contribution in [0, 0.1) is 0 Å². The number of benzene rings is 1. The molecule has 34 heavy (non-hydrogen) atoms. The molecule has 1 aromatic rings. The maximum atomic E-state index is 13.1. The van der Waals surface area contributed by atoms with Crippen LogP contribution in [0.5, 0.6) is 0 Å². The van der Waals surface area contributed by atoms with E-state index < -0.39 is 66.8 Å². The van der Waals surface area contributed by atoms with Gasteiger partial charge in [0.1, 0.15) is 6.61 Å². The topological polar surface area (TPSA) is 161 Å². The number of esters is 5. The second kappa shape index (κ2) is 13.6. The molecule has 0 heterocycles. The van der Waals surface area contributed by atoms with Crippen LogP contribution in [0.15, 0.2) is 30.3 Å². The summed E-state index contributed by atoms with van der Waals surface area (Å²) < 4.78 is 25.6. The van der Waals surface area contributed by atoms with E-state index in [0.717, 1.165) is 34.6 Å². The van der Waals surface area contributed by atoms with Crippen LogP contribution in [0.1, 0.15) is 34.6 Å². The number of nitrogens with one attached hydrogen (secondary N) is 1. The van der Waals surface area contributed by atoms with Gasteiger partial charge in [-0.3, -0.25) is 28.8 Å². The lowest BCUT2D eigenvalue weighted by Crippen LogP contribution is -2.56. The van der Waals surface area contributed by atoms with Gasteiger partial charge in [0.25, 0.3) is 5.91 Å². The molecule has 12 heteroatoms. The summed E-state index contributed by atoms with van der Waals surface area (Å²) in [5, 5.41) is 2.50. The summed E-state index contributed by atoms with van der Waals surface area (Å²) in [5.41, 5.74) is 0.326. The van der Waals surface area contributed by atoms with Gasteiger partial charge in [0.2, 0.25) is 6.10 Å². The first kappa shape index (κ1) is 28.1. The molecule has 0 fully saturated rings. The maximum absolute atomic E-state index is 13.1. The standard InChI is InChI=1S/C22H27NO11/c1-12(24)30-11-18(31-13(2)25)19(32-14(3)26)20(33-15(4)27)21(34-16(5)28)22(29)23-17-9-7-6-8-10-17/h6-10,18-21H,11H2,1-5H3,(H,23,29)/t18-,19-,20+,21-/m0/s1. The Labute approximate surface area is 195 Å². The Balaban J connectivity index is 3.50. The monoisotopic (exact) mass is 481 g/mol. The maximum Gasteiger partial charge on any atom is 0.303 e. The molecule has 12 nitrogen and oxygen atoms in total. The van der Waals surface area contributed by atoms with Gasteiger partial charge in [0.05, 0.1) is 0 Å². The first-order chi connectivity index (χ1) is 15.9. The minimum Gasteiger partial charge on any atom is -0.462 e. The number of ether oxygens (including phenoxy) is 5. The number of hydrogen-bond donors (Lipinski definition) is 1. The van der Waals surface area contributed by atoms with Crippen molar-refractivity contribution in [2.24, 2.45) is 0 Å². The smallest absolute Gasteiger partial charge is 0.303 e. The first-order valence-corrected chi connectivity index (χ1v) is 10.1. The van der Waals surface area contributed by atoms with Crippen molar-refractivity contribution in [1.29, 1.82) is 0 Å². The average Bonchev–Trinajstić information content (AvgIpc) is 2.72. The van der Waals surface area contributed by atoms with Gasteiger partial charge in [0, 0.05) is 40.3 Å². The number of rotatable bonds is 11. The Hall–Kier alpha value is -3.96. The summed E-state index contributed by atoms with van der Waals surface area (Å²) in [6, 6.07) is 8.08. The zero-order valence-corrected chi connectivity index (χ0v) is 19.4. The molecule has 1 N–H and O–H groups in total. The van der Waals surface area contributed by atoms with Crippen LogP contribution in [0.2, 0.25) is 0 Å². The fraction of sp³-hybridized carbons (Fsp3) is 0.455. The highest BCUT2D eigenvalue weighted by Gasteiger charge is 2.47. The summed E-state index contributed by atoms with van der Waals surface area (Å²) in [5.74, 6) is -5.29. The molecule has 0 aliphatic carbocycles. The number of hydrogen-bond acceptors (Lipinski definition) is 11. The quantitative estimate of drug-likeness (QED) is 0.353. The Morgan fingerprint density at radius 2 is 1.18 bits per heavy atom. The molecule has 0 aliphatic rings. The predicted molar refractivity (Wildman–Crippen MR) is 114 cm³/mol. The number of anilines is 1. The number of carbonyl (C=O) groups is 6. The van der Waals surface area contributed by atoms with Gasteiger partial charge >= 0.3 is 29.8 Å². The van der Waals surface area contributed by atoms with Crippen LogP contribution in [0.25, 0.3) is 0 Å². The second-order valence-corrected chi connectivity index (χ2v) is 6.98. The molecule has 0 bridgehead atoms. The minimum absolute atomic E-state index is 0.326. The fourth-order valence-corrected chi connectivity index (χ4v) is 2.83. The van der Waals surface area contributed by atoms with E-state index in [2.05, 4.69) is 5.32 Å². The Kier molecular flexibility index (Phi) is 11.2. The van der Waals surface area contributed by atoms with E-state index in [0.29, 0.717) is 5.69 Å². The lowest BCUT2D eigenvalue weighted by Gasteiger charge is -2.34. The molecule has 0 radical (unpaired) electrons. The summed E-state index contributed by atoms with van der Waals surface area (Å²) in [6.45, 7) is 4.54. The van der Waals surface area contributed by atoms with E-state index in [4.69, 9.17) is 23.7 Å². The van der Waals surface area contributed by atoms with Crippen LogP contribution in [0.4, 0.5) is 5.69 Å². The average molecular weight is 481 g/mol. The van der Waals surface area contributed by atoms with E-state index in [1.165, 1.54) is 0 Å². The highest BCUT2D eigenvalue weighted by atomic mass is 16.6. The molecule has 0 saturated heterocycles. The Morgan fingerprint density at radius 3 is 1.65 bits per heavy atom. The molecule has 0 aromatic heterocycles. The predicted octanol–water partition coefficient (Wildman–Crippen LogP) is 0.915. The summed E-state index contributed by atoms with van der Waals surface area (Å²) in [7, 11) is 0. The van der Waals surface area contributed by atoms with E-state index >= 15 is 0 Å². The molecular weight excluding hydrogens is 454 g/mol. The Bertz CT molecular complexity index is 899. The third-order valence-electron chi connectivity index (χ3n) is 3.95. The molecule has 186 valence electrons. The van der Waals surface area contributed by atoms with E-state index in [1.54, 1.807) is 30.3 Å². The third-order valence-corrected chi connectivity index (χ3v) is 3.95. The van der Waals surface area contributed by atoms with E-state index in [1.807, 2.05) is 0 Å². The lowest BCUT2D eigenvalue weighted by molar-refractivity contribution is -0.202. The van der Waals surface area contributed by atoms with Crippen molar-refractivity contribution in [3.63, 3.8) is 0 Å². The van der Waals surface area contributed by atoms with Gasteiger partial charge in [-0.25, -0.2) is 0 Å². The molecule has 1 amide bonds. The van der Waals surface area contributed by atoms with Crippen molar-refractivity contribution in [1.82, 2.24) is 0 Å². The largest absolute Gasteiger partial charge is 0.462 e. The molecule has 4 atom stereocenters. The number of amides is 1. The zero-order chi connectivity index (χ0) is 25.8. The van der Waals surface area contributed by atoms with Crippen LogP contribution >= 0.6 is 0 Å². The van der Waals surface area contributed by atoms with Crippen LogP contribution in [-0.4, -0.2) is 66.8 Å². The van der Waals surface area contributed by atoms with E-state index in [9.17, 15) is 28.8 Å². The molecule has 0 spiro atoms. The normalized spacial score (nSPS) is 13.8. The molecular formula is C22H27NO11.